The van der Waals surface area contributed by atoms with Crippen molar-refractivity contribution in [1.82, 2.24) is 5.32 Å². The van der Waals surface area contributed by atoms with Gasteiger partial charge in [0.25, 0.3) is 0 Å². The first-order valence-electron chi connectivity index (χ1n) is 6.65. The van der Waals surface area contributed by atoms with Crippen molar-refractivity contribution >= 4 is 0 Å². The molecule has 96 valence electrons. The lowest BCUT2D eigenvalue weighted by atomic mass is 9.96. The zero-order valence-electron chi connectivity index (χ0n) is 11.0. The lowest BCUT2D eigenvalue weighted by Gasteiger charge is -2.23. The Hall–Kier alpha value is -0.860. The summed E-state index contributed by atoms with van der Waals surface area (Å²) in [7, 11) is 0. The van der Waals surface area contributed by atoms with Gasteiger partial charge in [0, 0.05) is 12.6 Å². The molecule has 1 aromatic rings. The first-order valence-corrected chi connectivity index (χ1v) is 6.65. The number of aliphatic hydroxyl groups is 1. The predicted molar refractivity (Wildman–Crippen MR) is 73.0 cm³/mol. The molecule has 0 radical (unpaired) electrons. The van der Waals surface area contributed by atoms with Gasteiger partial charge in [-0.05, 0) is 37.3 Å². The van der Waals surface area contributed by atoms with Gasteiger partial charge >= 0.3 is 0 Å². The fraction of sp³-hybridized carbons (Fsp3) is 0.600. The van der Waals surface area contributed by atoms with Crippen molar-refractivity contribution in [3.05, 3.63) is 35.9 Å². The van der Waals surface area contributed by atoms with Crippen LogP contribution in [-0.2, 0) is 0 Å². The average Bonchev–Trinajstić information content (AvgIpc) is 2.34. The van der Waals surface area contributed by atoms with E-state index in [-0.39, 0.29) is 0 Å². The molecular weight excluding hydrogens is 210 g/mol. The maximum atomic E-state index is 8.72. The molecular formula is C15H25NO. The van der Waals surface area contributed by atoms with Crippen LogP contribution in [0.25, 0.3) is 0 Å². The van der Waals surface area contributed by atoms with Gasteiger partial charge < -0.3 is 10.4 Å². The third-order valence-electron chi connectivity index (χ3n) is 3.02. The third-order valence-corrected chi connectivity index (χ3v) is 3.02. The predicted octanol–water partition coefficient (Wildman–Crippen LogP) is 3.14. The summed E-state index contributed by atoms with van der Waals surface area (Å²) in [5, 5.41) is 12.3. The summed E-state index contributed by atoms with van der Waals surface area (Å²) >= 11 is 0. The summed E-state index contributed by atoms with van der Waals surface area (Å²) in [5.41, 5.74) is 1.37. The smallest absolute Gasteiger partial charge is 0.0431 e. The number of benzene rings is 1. The molecule has 0 saturated heterocycles. The Labute approximate surface area is 105 Å². The maximum absolute atomic E-state index is 8.72. The molecule has 1 rings (SSSR count). The van der Waals surface area contributed by atoms with E-state index in [1.54, 1.807) is 0 Å². The maximum Gasteiger partial charge on any atom is 0.0431 e. The molecule has 1 aromatic carbocycles. The van der Waals surface area contributed by atoms with Crippen molar-refractivity contribution in [3.63, 3.8) is 0 Å². The molecule has 0 spiro atoms. The second-order valence-corrected chi connectivity index (χ2v) is 4.87. The summed E-state index contributed by atoms with van der Waals surface area (Å²) in [4.78, 5) is 0. The third kappa shape index (κ3) is 5.33. The summed E-state index contributed by atoms with van der Waals surface area (Å²) < 4.78 is 0. The molecule has 1 atom stereocenters. The van der Waals surface area contributed by atoms with Crippen LogP contribution >= 0.6 is 0 Å². The van der Waals surface area contributed by atoms with Crippen molar-refractivity contribution in [2.24, 2.45) is 5.92 Å². The second-order valence-electron chi connectivity index (χ2n) is 4.87. The highest BCUT2D eigenvalue weighted by atomic mass is 16.2. The summed E-state index contributed by atoms with van der Waals surface area (Å²) in [6.45, 7) is 5.83. The normalized spacial score (nSPS) is 12.9. The fourth-order valence-corrected chi connectivity index (χ4v) is 2.07. The molecule has 2 N–H and O–H groups in total. The van der Waals surface area contributed by atoms with Gasteiger partial charge in [-0.2, -0.15) is 0 Å². The highest BCUT2D eigenvalue weighted by Gasteiger charge is 2.13. The van der Waals surface area contributed by atoms with Crippen LogP contribution in [0.2, 0.25) is 0 Å². The Bertz CT molecular complexity index is 284. The Morgan fingerprint density at radius 1 is 1.06 bits per heavy atom. The topological polar surface area (TPSA) is 32.3 Å². The Balaban J connectivity index is 2.40. The number of rotatable bonds is 8. The van der Waals surface area contributed by atoms with Gasteiger partial charge in [0.1, 0.15) is 0 Å². The van der Waals surface area contributed by atoms with Crippen LogP contribution in [-0.4, -0.2) is 18.3 Å². The molecule has 17 heavy (non-hydrogen) atoms. The van der Waals surface area contributed by atoms with Crippen molar-refractivity contribution < 1.29 is 5.11 Å². The van der Waals surface area contributed by atoms with Crippen molar-refractivity contribution in [2.75, 3.05) is 13.2 Å². The number of aliphatic hydroxyl groups excluding tert-OH is 1. The van der Waals surface area contributed by atoms with Gasteiger partial charge in [-0.1, -0.05) is 44.2 Å². The van der Waals surface area contributed by atoms with Gasteiger partial charge in [-0.25, -0.2) is 0 Å². The van der Waals surface area contributed by atoms with E-state index in [1.165, 1.54) is 5.56 Å². The highest BCUT2D eigenvalue weighted by Crippen LogP contribution is 2.21. The number of unbranched alkanes of at least 4 members (excludes halogenated alkanes) is 2. The Morgan fingerprint density at radius 3 is 2.35 bits per heavy atom. The van der Waals surface area contributed by atoms with Crippen LogP contribution in [0.15, 0.2) is 30.3 Å². The second kappa shape index (κ2) is 8.26. The van der Waals surface area contributed by atoms with Crippen LogP contribution in [0.4, 0.5) is 0 Å². The molecule has 0 aliphatic carbocycles. The van der Waals surface area contributed by atoms with E-state index in [9.17, 15) is 0 Å². The van der Waals surface area contributed by atoms with Crippen LogP contribution in [0.1, 0.15) is 44.7 Å². The largest absolute Gasteiger partial charge is 0.396 e. The number of hydrogen-bond donors (Lipinski definition) is 2. The summed E-state index contributed by atoms with van der Waals surface area (Å²) in [6, 6.07) is 11.1. The molecule has 0 amide bonds. The Morgan fingerprint density at radius 2 is 1.76 bits per heavy atom. The standard InChI is InChI=1S/C15H25NO/c1-13(2)15(14-9-5-3-6-10-14)16-11-7-4-8-12-17/h3,5-6,9-10,13,15-17H,4,7-8,11-12H2,1-2H3. The molecule has 0 aromatic heterocycles. The fourth-order valence-electron chi connectivity index (χ4n) is 2.07. The van der Waals surface area contributed by atoms with Crippen LogP contribution < -0.4 is 5.32 Å². The first kappa shape index (κ1) is 14.2. The first-order chi connectivity index (χ1) is 8.25. The zero-order chi connectivity index (χ0) is 12.5. The molecule has 0 bridgehead atoms. The van der Waals surface area contributed by atoms with E-state index in [0.717, 1.165) is 25.8 Å². The van der Waals surface area contributed by atoms with E-state index in [4.69, 9.17) is 5.11 Å². The van der Waals surface area contributed by atoms with E-state index in [0.29, 0.717) is 18.6 Å². The minimum absolute atomic E-state index is 0.312. The molecule has 0 aliphatic rings. The van der Waals surface area contributed by atoms with E-state index in [1.807, 2.05) is 0 Å². The summed E-state index contributed by atoms with van der Waals surface area (Å²) in [5.74, 6) is 0.593. The lowest BCUT2D eigenvalue weighted by Crippen LogP contribution is -2.26. The SMILES string of the molecule is CC(C)C(NCCCCCO)c1ccccc1. The lowest BCUT2D eigenvalue weighted by molar-refractivity contribution is 0.281. The van der Waals surface area contributed by atoms with Gasteiger partial charge in [-0.3, -0.25) is 0 Å². The quantitative estimate of drug-likeness (QED) is 0.678. The highest BCUT2D eigenvalue weighted by molar-refractivity contribution is 5.19. The molecule has 1 unspecified atom stereocenters. The molecule has 0 saturated carbocycles. The molecule has 2 nitrogen and oxygen atoms in total. The van der Waals surface area contributed by atoms with Crippen LogP contribution in [0, 0.1) is 5.92 Å². The van der Waals surface area contributed by atoms with E-state index in [2.05, 4.69) is 49.5 Å². The summed E-state index contributed by atoms with van der Waals surface area (Å²) in [6.07, 6.45) is 3.15. The van der Waals surface area contributed by atoms with Crippen LogP contribution in [0.3, 0.4) is 0 Å². The number of nitrogens with one attached hydrogen (secondary N) is 1. The van der Waals surface area contributed by atoms with Crippen molar-refractivity contribution in [3.8, 4) is 0 Å². The number of hydrogen-bond acceptors (Lipinski definition) is 2. The van der Waals surface area contributed by atoms with Gasteiger partial charge in [0.05, 0.1) is 0 Å². The van der Waals surface area contributed by atoms with E-state index >= 15 is 0 Å². The Kier molecular flexibility index (Phi) is 6.90. The van der Waals surface area contributed by atoms with Gasteiger partial charge in [-0.15, -0.1) is 0 Å². The average molecular weight is 235 g/mol. The van der Waals surface area contributed by atoms with Gasteiger partial charge in [0.2, 0.25) is 0 Å². The van der Waals surface area contributed by atoms with E-state index < -0.39 is 0 Å². The molecule has 2 heteroatoms. The minimum Gasteiger partial charge on any atom is -0.396 e. The van der Waals surface area contributed by atoms with Gasteiger partial charge in [0.15, 0.2) is 0 Å². The molecule has 0 fully saturated rings. The van der Waals surface area contributed by atoms with Crippen LogP contribution in [0.5, 0.6) is 0 Å². The minimum atomic E-state index is 0.312. The zero-order valence-corrected chi connectivity index (χ0v) is 11.0. The van der Waals surface area contributed by atoms with Crippen molar-refractivity contribution in [2.45, 2.75) is 39.2 Å². The molecule has 0 aliphatic heterocycles. The monoisotopic (exact) mass is 235 g/mol. The molecule has 0 heterocycles. The van der Waals surface area contributed by atoms with Crippen molar-refractivity contribution in [1.29, 1.82) is 0 Å².